The molecule has 0 N–H and O–H groups in total. The van der Waals surface area contributed by atoms with Gasteiger partial charge in [-0.05, 0) is 39.7 Å². The predicted octanol–water partition coefficient (Wildman–Crippen LogP) is 2.67. The topological polar surface area (TPSA) is 51.0 Å². The summed E-state index contributed by atoms with van der Waals surface area (Å²) < 4.78 is 1.80. The third-order valence-electron chi connectivity index (χ3n) is 4.15. The molecule has 1 aliphatic rings. The first-order chi connectivity index (χ1) is 10.5. The number of amides is 1. The summed E-state index contributed by atoms with van der Waals surface area (Å²) >= 11 is 1.75. The molecule has 1 amide bonds. The van der Waals surface area contributed by atoms with Crippen LogP contribution in [0, 0.1) is 20.8 Å². The van der Waals surface area contributed by atoms with Crippen LogP contribution >= 0.6 is 11.3 Å². The van der Waals surface area contributed by atoms with Crippen molar-refractivity contribution < 1.29 is 4.79 Å². The molecule has 3 heterocycles. The number of aryl methyl sites for hydroxylation is 3. The van der Waals surface area contributed by atoms with Gasteiger partial charge in [0.15, 0.2) is 0 Å². The van der Waals surface area contributed by atoms with Gasteiger partial charge in [-0.3, -0.25) is 9.48 Å². The molecule has 2 aromatic heterocycles. The fourth-order valence-electron chi connectivity index (χ4n) is 3.03. The molecule has 22 heavy (non-hydrogen) atoms. The molecule has 0 saturated carbocycles. The molecule has 1 fully saturated rings. The van der Waals surface area contributed by atoms with Crippen molar-refractivity contribution in [3.05, 3.63) is 33.5 Å². The number of likely N-dealkylation sites (tertiary alicyclic amines) is 1. The second kappa shape index (κ2) is 6.20. The second-order valence-electron chi connectivity index (χ2n) is 6.07. The summed E-state index contributed by atoms with van der Waals surface area (Å²) in [5, 5.41) is 5.55. The Labute approximate surface area is 135 Å². The van der Waals surface area contributed by atoms with E-state index in [2.05, 4.69) is 17.0 Å². The van der Waals surface area contributed by atoms with Crippen LogP contribution in [0.1, 0.15) is 40.0 Å². The summed E-state index contributed by atoms with van der Waals surface area (Å²) in [6, 6.07) is 2.00. The zero-order valence-electron chi connectivity index (χ0n) is 13.4. The Balaban J connectivity index is 1.66. The van der Waals surface area contributed by atoms with Crippen LogP contribution in [0.2, 0.25) is 0 Å². The average Bonchev–Trinajstić information content (AvgIpc) is 3.05. The van der Waals surface area contributed by atoms with Crippen LogP contribution in [0.4, 0.5) is 0 Å². The van der Waals surface area contributed by atoms with Crippen LogP contribution in [-0.4, -0.2) is 38.7 Å². The van der Waals surface area contributed by atoms with E-state index in [0.717, 1.165) is 37.3 Å². The van der Waals surface area contributed by atoms with Crippen molar-refractivity contribution in [2.75, 3.05) is 13.1 Å². The van der Waals surface area contributed by atoms with E-state index >= 15 is 0 Å². The molecule has 1 atom stereocenters. The molecule has 0 radical (unpaired) electrons. The lowest BCUT2D eigenvalue weighted by atomic mass is 9.99. The monoisotopic (exact) mass is 318 g/mol. The summed E-state index contributed by atoms with van der Waals surface area (Å²) in [5.41, 5.74) is 2.00. The number of nitrogens with zero attached hydrogens (tertiary/aromatic N) is 4. The number of aromatic nitrogens is 3. The smallest absolute Gasteiger partial charge is 0.244 e. The lowest BCUT2D eigenvalue weighted by Gasteiger charge is -2.32. The normalized spacial score (nSPS) is 18.7. The Morgan fingerprint density at radius 2 is 2.23 bits per heavy atom. The minimum absolute atomic E-state index is 0.157. The third kappa shape index (κ3) is 3.21. The number of thiazole rings is 1. The first kappa shape index (κ1) is 15.2. The minimum Gasteiger partial charge on any atom is -0.340 e. The van der Waals surface area contributed by atoms with Gasteiger partial charge in [0.05, 0.1) is 10.7 Å². The molecular formula is C16H22N4OS. The minimum atomic E-state index is 0.157. The molecule has 1 saturated heterocycles. The van der Waals surface area contributed by atoms with Crippen molar-refractivity contribution in [3.63, 3.8) is 0 Å². The second-order valence-corrected chi connectivity index (χ2v) is 7.34. The van der Waals surface area contributed by atoms with E-state index in [-0.39, 0.29) is 5.91 Å². The Kier molecular flexibility index (Phi) is 4.29. The molecule has 1 aliphatic heterocycles. The third-order valence-corrected chi connectivity index (χ3v) is 5.23. The Bertz CT molecular complexity index is 675. The van der Waals surface area contributed by atoms with Crippen molar-refractivity contribution in [3.8, 4) is 0 Å². The number of hydrogen-bond donors (Lipinski definition) is 0. The van der Waals surface area contributed by atoms with Gasteiger partial charge in [0, 0.05) is 35.8 Å². The first-order valence-corrected chi connectivity index (χ1v) is 8.55. The van der Waals surface area contributed by atoms with Crippen LogP contribution < -0.4 is 0 Å². The Morgan fingerprint density at radius 3 is 2.86 bits per heavy atom. The predicted molar refractivity (Wildman–Crippen MR) is 87.1 cm³/mol. The summed E-state index contributed by atoms with van der Waals surface area (Å²) in [4.78, 5) is 20.3. The van der Waals surface area contributed by atoms with Crippen molar-refractivity contribution in [2.24, 2.45) is 0 Å². The van der Waals surface area contributed by atoms with Gasteiger partial charge in [-0.25, -0.2) is 4.98 Å². The summed E-state index contributed by atoms with van der Waals surface area (Å²) in [6.07, 6.45) is 4.10. The highest BCUT2D eigenvalue weighted by Crippen LogP contribution is 2.29. The molecule has 6 heteroatoms. The average molecular weight is 318 g/mol. The van der Waals surface area contributed by atoms with E-state index in [1.165, 1.54) is 9.88 Å². The van der Waals surface area contributed by atoms with Crippen molar-refractivity contribution in [1.29, 1.82) is 0 Å². The molecule has 2 aromatic rings. The van der Waals surface area contributed by atoms with E-state index in [1.807, 2.05) is 31.0 Å². The quantitative estimate of drug-likeness (QED) is 0.874. The largest absolute Gasteiger partial charge is 0.340 e. The fourth-order valence-corrected chi connectivity index (χ4v) is 3.93. The number of rotatable bonds is 3. The first-order valence-electron chi connectivity index (χ1n) is 7.74. The fraction of sp³-hybridized carbons (Fsp3) is 0.562. The van der Waals surface area contributed by atoms with Gasteiger partial charge in [0.2, 0.25) is 5.91 Å². The summed E-state index contributed by atoms with van der Waals surface area (Å²) in [7, 11) is 0. The summed E-state index contributed by atoms with van der Waals surface area (Å²) in [6.45, 7) is 7.99. The summed E-state index contributed by atoms with van der Waals surface area (Å²) in [5.74, 6) is 0.543. The standard InChI is InChI=1S/C16H22N4OS/c1-11-7-12(2)20(18-11)10-15(21)19-6-4-5-14(9-19)16-17-8-13(3)22-16/h7-8,14H,4-6,9-10H2,1-3H3. The van der Waals surface area contributed by atoms with Crippen molar-refractivity contribution in [1.82, 2.24) is 19.7 Å². The number of carbonyl (C=O) groups is 1. The van der Waals surface area contributed by atoms with E-state index in [4.69, 9.17) is 0 Å². The van der Waals surface area contributed by atoms with Crippen molar-refractivity contribution in [2.45, 2.75) is 46.1 Å². The molecule has 0 spiro atoms. The maximum Gasteiger partial charge on any atom is 0.244 e. The molecule has 5 nitrogen and oxygen atoms in total. The molecule has 1 unspecified atom stereocenters. The van der Waals surface area contributed by atoms with E-state index in [0.29, 0.717) is 12.5 Å². The highest BCUT2D eigenvalue weighted by Gasteiger charge is 2.26. The van der Waals surface area contributed by atoms with Crippen LogP contribution in [0.15, 0.2) is 12.3 Å². The highest BCUT2D eigenvalue weighted by molar-refractivity contribution is 7.11. The molecule has 3 rings (SSSR count). The number of hydrogen-bond acceptors (Lipinski definition) is 4. The molecule has 118 valence electrons. The van der Waals surface area contributed by atoms with Gasteiger partial charge in [-0.1, -0.05) is 0 Å². The van der Waals surface area contributed by atoms with Gasteiger partial charge >= 0.3 is 0 Å². The van der Waals surface area contributed by atoms with Crippen LogP contribution in [0.3, 0.4) is 0 Å². The molecule has 0 aliphatic carbocycles. The SMILES string of the molecule is Cc1cc(C)n(CC(=O)N2CCCC(c3ncc(C)s3)C2)n1. The molecular weight excluding hydrogens is 296 g/mol. The Morgan fingerprint density at radius 1 is 1.41 bits per heavy atom. The van der Waals surface area contributed by atoms with E-state index in [1.54, 1.807) is 16.0 Å². The zero-order chi connectivity index (χ0) is 15.7. The van der Waals surface area contributed by atoms with Crippen LogP contribution in [0.5, 0.6) is 0 Å². The maximum atomic E-state index is 12.6. The van der Waals surface area contributed by atoms with Gasteiger partial charge in [0.1, 0.15) is 6.54 Å². The molecule has 0 bridgehead atoms. The maximum absolute atomic E-state index is 12.6. The van der Waals surface area contributed by atoms with Gasteiger partial charge in [0.25, 0.3) is 0 Å². The van der Waals surface area contributed by atoms with Gasteiger partial charge in [-0.2, -0.15) is 5.10 Å². The lowest BCUT2D eigenvalue weighted by molar-refractivity contribution is -0.133. The number of carbonyl (C=O) groups excluding carboxylic acids is 1. The highest BCUT2D eigenvalue weighted by atomic mass is 32.1. The Hall–Kier alpha value is -1.69. The number of piperidine rings is 1. The van der Waals surface area contributed by atoms with Crippen molar-refractivity contribution >= 4 is 17.2 Å². The van der Waals surface area contributed by atoms with Crippen LogP contribution in [-0.2, 0) is 11.3 Å². The van der Waals surface area contributed by atoms with Crippen LogP contribution in [0.25, 0.3) is 0 Å². The molecule has 0 aromatic carbocycles. The van der Waals surface area contributed by atoms with Gasteiger partial charge < -0.3 is 4.90 Å². The van der Waals surface area contributed by atoms with E-state index < -0.39 is 0 Å². The van der Waals surface area contributed by atoms with Gasteiger partial charge in [-0.15, -0.1) is 11.3 Å². The van der Waals surface area contributed by atoms with E-state index in [9.17, 15) is 4.79 Å². The lowest BCUT2D eigenvalue weighted by Crippen LogP contribution is -2.41. The zero-order valence-corrected chi connectivity index (χ0v) is 14.2.